The topological polar surface area (TPSA) is 24.9 Å². The van der Waals surface area contributed by atoms with Gasteiger partial charge in [0.05, 0.1) is 14.6 Å². The zero-order chi connectivity index (χ0) is 12.5. The van der Waals surface area contributed by atoms with Crippen molar-refractivity contribution in [2.75, 3.05) is 5.32 Å². The number of hydrogen-bond acceptors (Lipinski definition) is 3. The molecule has 1 N–H and O–H groups in total. The molecular weight excluding hydrogens is 379 g/mol. The molecule has 1 aliphatic rings. The molecule has 2 aromatic rings. The molecule has 2 aromatic heterocycles. The van der Waals surface area contributed by atoms with Gasteiger partial charge in [0.2, 0.25) is 0 Å². The van der Waals surface area contributed by atoms with Gasteiger partial charge >= 0.3 is 0 Å². The zero-order valence-corrected chi connectivity index (χ0v) is 13.3. The van der Waals surface area contributed by atoms with Crippen LogP contribution in [0.1, 0.15) is 29.3 Å². The summed E-state index contributed by atoms with van der Waals surface area (Å²) in [5.41, 5.74) is 2.37. The van der Waals surface area contributed by atoms with E-state index < -0.39 is 0 Å². The first-order valence-corrected chi connectivity index (χ1v) is 8.16. The standard InChI is InChI=1S/C13H12ClIN2S/c14-13-10(4-2-6-16-13)17-9-3-1-5-11-8(9)7-12(15)18-11/h2,4,6-7,9,17H,1,3,5H2. The van der Waals surface area contributed by atoms with Gasteiger partial charge < -0.3 is 5.32 Å². The molecule has 0 spiro atoms. The van der Waals surface area contributed by atoms with Crippen molar-refractivity contribution < 1.29 is 0 Å². The van der Waals surface area contributed by atoms with Gasteiger partial charge in [0, 0.05) is 11.1 Å². The summed E-state index contributed by atoms with van der Waals surface area (Å²) in [4.78, 5) is 5.63. The van der Waals surface area contributed by atoms with E-state index in [-0.39, 0.29) is 0 Å². The Balaban J connectivity index is 1.88. The largest absolute Gasteiger partial charge is 0.376 e. The Labute approximate surface area is 129 Å². The van der Waals surface area contributed by atoms with Gasteiger partial charge in [0.25, 0.3) is 0 Å². The molecule has 0 fully saturated rings. The summed E-state index contributed by atoms with van der Waals surface area (Å²) >= 11 is 10.4. The van der Waals surface area contributed by atoms with Crippen molar-refractivity contribution in [3.63, 3.8) is 0 Å². The maximum absolute atomic E-state index is 6.10. The number of anilines is 1. The number of aromatic nitrogens is 1. The van der Waals surface area contributed by atoms with Gasteiger partial charge in [-0.3, -0.25) is 0 Å². The number of rotatable bonds is 2. The minimum atomic E-state index is 0.371. The van der Waals surface area contributed by atoms with E-state index in [0.717, 1.165) is 12.1 Å². The molecule has 0 aromatic carbocycles. The molecule has 0 radical (unpaired) electrons. The van der Waals surface area contributed by atoms with Crippen molar-refractivity contribution in [3.8, 4) is 0 Å². The third-order valence-electron chi connectivity index (χ3n) is 3.17. The van der Waals surface area contributed by atoms with Gasteiger partial charge in [-0.25, -0.2) is 4.98 Å². The lowest BCUT2D eigenvalue weighted by Crippen LogP contribution is -2.15. The highest BCUT2D eigenvalue weighted by Gasteiger charge is 2.23. The third kappa shape index (κ3) is 2.51. The Morgan fingerprint density at radius 1 is 1.50 bits per heavy atom. The van der Waals surface area contributed by atoms with E-state index in [1.165, 1.54) is 26.2 Å². The monoisotopic (exact) mass is 390 g/mol. The molecule has 1 unspecified atom stereocenters. The van der Waals surface area contributed by atoms with Gasteiger partial charge in [0.15, 0.2) is 5.15 Å². The van der Waals surface area contributed by atoms with Crippen LogP contribution in [-0.2, 0) is 6.42 Å². The fourth-order valence-corrected chi connectivity index (χ4v) is 4.65. The normalized spacial score (nSPS) is 18.4. The molecule has 3 rings (SSSR count). The van der Waals surface area contributed by atoms with Crippen LogP contribution in [0.25, 0.3) is 0 Å². The maximum Gasteiger partial charge on any atom is 0.152 e. The van der Waals surface area contributed by atoms with Gasteiger partial charge in [-0.15, -0.1) is 11.3 Å². The number of pyridine rings is 1. The minimum absolute atomic E-state index is 0.371. The van der Waals surface area contributed by atoms with Crippen LogP contribution in [0.5, 0.6) is 0 Å². The van der Waals surface area contributed by atoms with Crippen LogP contribution in [0.15, 0.2) is 24.4 Å². The number of nitrogens with one attached hydrogen (secondary N) is 1. The molecule has 5 heteroatoms. The fourth-order valence-electron chi connectivity index (χ4n) is 2.35. The van der Waals surface area contributed by atoms with E-state index in [1.807, 2.05) is 23.5 Å². The third-order valence-corrected chi connectivity index (χ3v) is 5.44. The number of fused-ring (bicyclic) bond motifs is 1. The predicted molar refractivity (Wildman–Crippen MR) is 85.6 cm³/mol. The number of hydrogen-bond donors (Lipinski definition) is 1. The first-order chi connectivity index (χ1) is 8.74. The molecule has 1 aliphatic carbocycles. The lowest BCUT2D eigenvalue weighted by atomic mass is 9.94. The second-order valence-electron chi connectivity index (χ2n) is 4.36. The van der Waals surface area contributed by atoms with Crippen LogP contribution >= 0.6 is 45.5 Å². The molecule has 18 heavy (non-hydrogen) atoms. The predicted octanol–water partition coefficient (Wildman–Crippen LogP) is 4.89. The van der Waals surface area contributed by atoms with Crippen molar-refractivity contribution >= 4 is 51.2 Å². The van der Waals surface area contributed by atoms with Gasteiger partial charge in [-0.2, -0.15) is 0 Å². The van der Waals surface area contributed by atoms with Crippen molar-refractivity contribution in [1.29, 1.82) is 0 Å². The number of thiophene rings is 1. The summed E-state index contributed by atoms with van der Waals surface area (Å²) < 4.78 is 1.36. The highest BCUT2D eigenvalue weighted by molar-refractivity contribution is 14.1. The van der Waals surface area contributed by atoms with Crippen LogP contribution in [0, 0.1) is 2.88 Å². The Kier molecular flexibility index (Phi) is 3.77. The van der Waals surface area contributed by atoms with Crippen LogP contribution in [0.4, 0.5) is 5.69 Å². The first kappa shape index (κ1) is 12.7. The molecule has 0 amide bonds. The molecule has 1 atom stereocenters. The van der Waals surface area contributed by atoms with E-state index in [0.29, 0.717) is 11.2 Å². The fraction of sp³-hybridized carbons (Fsp3) is 0.308. The highest BCUT2D eigenvalue weighted by Crippen LogP contribution is 2.38. The zero-order valence-electron chi connectivity index (χ0n) is 9.62. The summed E-state index contributed by atoms with van der Waals surface area (Å²) in [6.07, 6.45) is 5.32. The molecule has 0 bridgehead atoms. The minimum Gasteiger partial charge on any atom is -0.376 e. The van der Waals surface area contributed by atoms with Crippen LogP contribution in [-0.4, -0.2) is 4.98 Å². The summed E-state index contributed by atoms with van der Waals surface area (Å²) in [7, 11) is 0. The number of aryl methyl sites for hydroxylation is 1. The van der Waals surface area contributed by atoms with Crippen molar-refractivity contribution in [2.24, 2.45) is 0 Å². The van der Waals surface area contributed by atoms with E-state index in [4.69, 9.17) is 11.6 Å². The summed E-state index contributed by atoms with van der Waals surface area (Å²) in [6.45, 7) is 0. The Morgan fingerprint density at radius 2 is 2.39 bits per heavy atom. The van der Waals surface area contributed by atoms with Gasteiger partial charge in [-0.05, 0) is 65.6 Å². The van der Waals surface area contributed by atoms with E-state index in [2.05, 4.69) is 39.0 Å². The lowest BCUT2D eigenvalue weighted by molar-refractivity contribution is 0.608. The lowest BCUT2D eigenvalue weighted by Gasteiger charge is -2.24. The molecular formula is C13H12ClIN2S. The Bertz CT molecular complexity index is 570. The van der Waals surface area contributed by atoms with E-state index >= 15 is 0 Å². The molecule has 2 nitrogen and oxygen atoms in total. The summed E-state index contributed by atoms with van der Waals surface area (Å²) in [5, 5.41) is 4.08. The van der Waals surface area contributed by atoms with Gasteiger partial charge in [-0.1, -0.05) is 11.6 Å². The first-order valence-electron chi connectivity index (χ1n) is 5.89. The summed E-state index contributed by atoms with van der Waals surface area (Å²) in [5.74, 6) is 0. The average molecular weight is 391 g/mol. The van der Waals surface area contributed by atoms with Crippen molar-refractivity contribution in [3.05, 3.63) is 42.9 Å². The van der Waals surface area contributed by atoms with Crippen molar-refractivity contribution in [1.82, 2.24) is 4.98 Å². The average Bonchev–Trinajstić information content (AvgIpc) is 2.73. The maximum atomic E-state index is 6.10. The van der Waals surface area contributed by atoms with E-state index in [9.17, 15) is 0 Å². The van der Waals surface area contributed by atoms with Gasteiger partial charge in [0.1, 0.15) is 0 Å². The second kappa shape index (κ2) is 5.35. The highest BCUT2D eigenvalue weighted by atomic mass is 127. The Morgan fingerprint density at radius 3 is 3.22 bits per heavy atom. The molecule has 2 heterocycles. The van der Waals surface area contributed by atoms with Crippen molar-refractivity contribution in [2.45, 2.75) is 25.3 Å². The smallest absolute Gasteiger partial charge is 0.152 e. The Hall–Kier alpha value is -0.330. The number of halogens is 2. The molecule has 0 saturated carbocycles. The molecule has 0 aliphatic heterocycles. The van der Waals surface area contributed by atoms with Crippen LogP contribution in [0.3, 0.4) is 0 Å². The molecule has 94 valence electrons. The second-order valence-corrected chi connectivity index (χ2v) is 7.75. The van der Waals surface area contributed by atoms with Crippen LogP contribution in [0.2, 0.25) is 5.15 Å². The SMILES string of the molecule is Clc1ncccc1NC1CCCc2sc(I)cc21. The number of nitrogens with zero attached hydrogens (tertiary/aromatic N) is 1. The van der Waals surface area contributed by atoms with Crippen LogP contribution < -0.4 is 5.32 Å². The quantitative estimate of drug-likeness (QED) is 0.583. The molecule has 0 saturated heterocycles. The summed E-state index contributed by atoms with van der Waals surface area (Å²) in [6, 6.07) is 6.56. The van der Waals surface area contributed by atoms with E-state index in [1.54, 1.807) is 6.20 Å².